The minimum atomic E-state index is -0.672. The summed E-state index contributed by atoms with van der Waals surface area (Å²) in [5, 5.41) is 5.77. The van der Waals surface area contributed by atoms with Crippen LogP contribution in [0.2, 0.25) is 0 Å². The van der Waals surface area contributed by atoms with Crippen LogP contribution in [0.5, 0.6) is 0 Å². The van der Waals surface area contributed by atoms with Crippen molar-refractivity contribution in [1.82, 2.24) is 20.5 Å². The van der Waals surface area contributed by atoms with Crippen LogP contribution >= 0.6 is 0 Å². The smallest absolute Gasteiger partial charge is 0.237 e. The highest BCUT2D eigenvalue weighted by Gasteiger charge is 2.33. The molecule has 0 radical (unpaired) electrons. The number of rotatable bonds is 8. The average Bonchev–Trinajstić information content (AvgIpc) is 2.67. The van der Waals surface area contributed by atoms with Gasteiger partial charge in [0.05, 0.1) is 12.0 Å². The number of amides is 2. The zero-order valence-corrected chi connectivity index (χ0v) is 18.8. The molecule has 0 aliphatic heterocycles. The Kier molecular flexibility index (Phi) is 8.10. The van der Waals surface area contributed by atoms with Crippen LogP contribution in [0.25, 0.3) is 0 Å². The van der Waals surface area contributed by atoms with Crippen molar-refractivity contribution in [2.75, 3.05) is 26.4 Å². The van der Waals surface area contributed by atoms with Crippen LogP contribution in [0, 0.1) is 11.2 Å². The number of nitrogens with one attached hydrogen (secondary N) is 2. The van der Waals surface area contributed by atoms with E-state index in [-0.39, 0.29) is 42.2 Å². The molecule has 0 saturated carbocycles. The van der Waals surface area contributed by atoms with Crippen molar-refractivity contribution in [3.8, 4) is 0 Å². The number of hydrogen-bond acceptors (Lipinski definition) is 5. The highest BCUT2D eigenvalue weighted by Crippen LogP contribution is 2.23. The summed E-state index contributed by atoms with van der Waals surface area (Å²) in [6.07, 6.45) is 1.59. The van der Waals surface area contributed by atoms with E-state index in [0.29, 0.717) is 11.4 Å². The summed E-state index contributed by atoms with van der Waals surface area (Å²) in [4.78, 5) is 31.7. The van der Waals surface area contributed by atoms with Crippen LogP contribution in [0.3, 0.4) is 0 Å². The second-order valence-electron chi connectivity index (χ2n) is 8.89. The van der Waals surface area contributed by atoms with Crippen molar-refractivity contribution in [2.45, 2.75) is 39.3 Å². The zero-order chi connectivity index (χ0) is 23.2. The van der Waals surface area contributed by atoms with Crippen LogP contribution in [-0.4, -0.2) is 48.4 Å². The lowest BCUT2D eigenvalue weighted by Gasteiger charge is -2.35. The summed E-state index contributed by atoms with van der Waals surface area (Å²) in [6.45, 7) is 6.32. The molecule has 1 aromatic carbocycles. The summed E-state index contributed by atoms with van der Waals surface area (Å²) in [5.74, 6) is -1.10. The largest absolute Gasteiger partial charge is 0.384 e. The fraction of sp³-hybridized carbons (Fsp3) is 0.435. The maximum atomic E-state index is 13.4. The SMILES string of the molecule is CN(C)[C@@H](C(=O)NC[C@H](C(=O)NCc1ccc(N)nc1)c1ccc(F)cc1)C(C)(C)C. The third-order valence-electron chi connectivity index (χ3n) is 4.97. The Morgan fingerprint density at radius 1 is 1.06 bits per heavy atom. The van der Waals surface area contributed by atoms with E-state index in [1.54, 1.807) is 30.5 Å². The molecule has 0 spiro atoms. The molecule has 1 heterocycles. The van der Waals surface area contributed by atoms with Crippen molar-refractivity contribution < 1.29 is 14.0 Å². The molecule has 0 unspecified atom stereocenters. The fourth-order valence-electron chi connectivity index (χ4n) is 3.61. The predicted octanol–water partition coefficient (Wildman–Crippen LogP) is 2.30. The number of nitrogens with two attached hydrogens (primary N) is 1. The van der Waals surface area contributed by atoms with Crippen molar-refractivity contribution in [2.24, 2.45) is 5.41 Å². The number of hydrogen-bond donors (Lipinski definition) is 3. The molecule has 0 aliphatic rings. The molecule has 2 amide bonds. The van der Waals surface area contributed by atoms with E-state index in [0.717, 1.165) is 5.56 Å². The van der Waals surface area contributed by atoms with Crippen LogP contribution in [0.4, 0.5) is 10.2 Å². The van der Waals surface area contributed by atoms with Crippen molar-refractivity contribution in [1.29, 1.82) is 0 Å². The number of halogens is 1. The van der Waals surface area contributed by atoms with Gasteiger partial charge in [-0.25, -0.2) is 9.37 Å². The average molecular weight is 430 g/mol. The van der Waals surface area contributed by atoms with E-state index in [9.17, 15) is 14.0 Å². The molecule has 7 nitrogen and oxygen atoms in total. The Hall–Kier alpha value is -3.00. The first kappa shape index (κ1) is 24.3. The molecule has 2 atom stereocenters. The first-order valence-corrected chi connectivity index (χ1v) is 10.2. The molecule has 31 heavy (non-hydrogen) atoms. The first-order valence-electron chi connectivity index (χ1n) is 10.2. The second-order valence-corrected chi connectivity index (χ2v) is 8.89. The third kappa shape index (κ3) is 7.03. The molecule has 8 heteroatoms. The molecule has 1 aromatic heterocycles. The Morgan fingerprint density at radius 2 is 1.71 bits per heavy atom. The van der Waals surface area contributed by atoms with Gasteiger partial charge in [0, 0.05) is 19.3 Å². The van der Waals surface area contributed by atoms with Gasteiger partial charge in [0.1, 0.15) is 11.6 Å². The van der Waals surface area contributed by atoms with Crippen molar-refractivity contribution in [3.05, 3.63) is 59.5 Å². The zero-order valence-electron chi connectivity index (χ0n) is 18.8. The molecule has 0 aliphatic carbocycles. The van der Waals surface area contributed by atoms with Gasteiger partial charge in [0.2, 0.25) is 11.8 Å². The van der Waals surface area contributed by atoms with E-state index >= 15 is 0 Å². The third-order valence-corrected chi connectivity index (χ3v) is 4.97. The van der Waals surface area contributed by atoms with Gasteiger partial charge in [-0.3, -0.25) is 14.5 Å². The first-order chi connectivity index (χ1) is 14.5. The quantitative estimate of drug-likeness (QED) is 0.598. The standard InChI is InChI=1S/C23H32FN5O2/c1-23(2,3)20(29(4)5)22(31)28-14-18(16-7-9-17(24)10-8-16)21(30)27-13-15-6-11-19(25)26-12-15/h6-12,18,20H,13-14H2,1-5H3,(H2,25,26)(H,27,30)(H,28,31)/t18-,20-/m0/s1. The Balaban J connectivity index is 2.14. The summed E-state index contributed by atoms with van der Waals surface area (Å²) >= 11 is 0. The number of likely N-dealkylation sites (N-methyl/N-ethyl adjacent to an activating group) is 1. The minimum absolute atomic E-state index is 0.0940. The Labute approximate surface area is 183 Å². The van der Waals surface area contributed by atoms with E-state index in [1.807, 2.05) is 39.8 Å². The molecular weight excluding hydrogens is 397 g/mol. The van der Waals surface area contributed by atoms with E-state index < -0.39 is 5.92 Å². The second kappa shape index (κ2) is 10.3. The molecular formula is C23H32FN5O2. The summed E-state index contributed by atoms with van der Waals surface area (Å²) in [7, 11) is 3.70. The van der Waals surface area contributed by atoms with Crippen LogP contribution in [0.1, 0.15) is 37.8 Å². The number of carbonyl (C=O) groups is 2. The fourth-order valence-corrected chi connectivity index (χ4v) is 3.61. The van der Waals surface area contributed by atoms with E-state index in [1.165, 1.54) is 12.1 Å². The lowest BCUT2D eigenvalue weighted by atomic mass is 9.85. The van der Waals surface area contributed by atoms with Crippen LogP contribution < -0.4 is 16.4 Å². The summed E-state index contributed by atoms with van der Waals surface area (Å²) in [6, 6.07) is 8.80. The minimum Gasteiger partial charge on any atom is -0.384 e. The van der Waals surface area contributed by atoms with Gasteiger partial charge >= 0.3 is 0 Å². The van der Waals surface area contributed by atoms with E-state index in [4.69, 9.17) is 5.73 Å². The molecule has 0 fully saturated rings. The normalized spacial score (nSPS) is 13.5. The highest BCUT2D eigenvalue weighted by atomic mass is 19.1. The number of carbonyl (C=O) groups excluding carboxylic acids is 2. The van der Waals surface area contributed by atoms with Crippen LogP contribution in [-0.2, 0) is 16.1 Å². The van der Waals surface area contributed by atoms with Crippen LogP contribution in [0.15, 0.2) is 42.6 Å². The molecule has 4 N–H and O–H groups in total. The number of anilines is 1. The van der Waals surface area contributed by atoms with Crippen molar-refractivity contribution in [3.63, 3.8) is 0 Å². The Morgan fingerprint density at radius 3 is 2.23 bits per heavy atom. The maximum Gasteiger partial charge on any atom is 0.237 e. The monoisotopic (exact) mass is 429 g/mol. The number of pyridine rings is 1. The molecule has 2 rings (SSSR count). The summed E-state index contributed by atoms with van der Waals surface area (Å²) in [5.41, 5.74) is 6.72. The van der Waals surface area contributed by atoms with Gasteiger partial charge in [-0.2, -0.15) is 0 Å². The number of nitrogen functional groups attached to an aromatic ring is 1. The lowest BCUT2D eigenvalue weighted by Crippen LogP contribution is -2.52. The van der Waals surface area contributed by atoms with Gasteiger partial charge in [0.15, 0.2) is 0 Å². The van der Waals surface area contributed by atoms with Gasteiger partial charge < -0.3 is 16.4 Å². The summed E-state index contributed by atoms with van der Waals surface area (Å²) < 4.78 is 13.4. The van der Waals surface area contributed by atoms with Gasteiger partial charge in [0.25, 0.3) is 0 Å². The topological polar surface area (TPSA) is 100 Å². The lowest BCUT2D eigenvalue weighted by molar-refractivity contribution is -0.129. The number of benzene rings is 1. The Bertz CT molecular complexity index is 876. The van der Waals surface area contributed by atoms with Gasteiger partial charge in [-0.1, -0.05) is 39.0 Å². The molecule has 168 valence electrons. The molecule has 2 aromatic rings. The number of aromatic nitrogens is 1. The maximum absolute atomic E-state index is 13.4. The molecule has 0 saturated heterocycles. The number of nitrogens with zero attached hydrogens (tertiary/aromatic N) is 2. The predicted molar refractivity (Wildman–Crippen MR) is 120 cm³/mol. The van der Waals surface area contributed by atoms with E-state index in [2.05, 4.69) is 15.6 Å². The van der Waals surface area contributed by atoms with Gasteiger partial charge in [-0.05, 0) is 48.8 Å². The highest BCUT2D eigenvalue weighted by molar-refractivity contribution is 5.86. The van der Waals surface area contributed by atoms with Crippen molar-refractivity contribution >= 4 is 17.6 Å². The molecule has 0 bridgehead atoms. The van der Waals surface area contributed by atoms with Gasteiger partial charge in [-0.15, -0.1) is 0 Å².